The van der Waals surface area contributed by atoms with Gasteiger partial charge in [0.2, 0.25) is 0 Å². The normalized spacial score (nSPS) is 17.0. The summed E-state index contributed by atoms with van der Waals surface area (Å²) in [4.78, 5) is 27.9. The number of nitriles is 1. The number of nitrogens with zero attached hydrogens (tertiary/aromatic N) is 4. The van der Waals surface area contributed by atoms with Crippen molar-refractivity contribution in [1.29, 1.82) is 5.26 Å². The molecule has 5 rings (SSSR count). The van der Waals surface area contributed by atoms with E-state index >= 15 is 0 Å². The molecule has 2 aliphatic rings. The molecule has 162 valence electrons. The lowest BCUT2D eigenvalue weighted by atomic mass is 9.88. The molecule has 1 N–H and O–H groups in total. The van der Waals surface area contributed by atoms with Crippen molar-refractivity contribution in [3.8, 4) is 17.3 Å². The Hall–Kier alpha value is -3.30. The van der Waals surface area contributed by atoms with Crippen molar-refractivity contribution in [3.63, 3.8) is 0 Å². The van der Waals surface area contributed by atoms with Gasteiger partial charge in [0.05, 0.1) is 34.3 Å². The Balaban J connectivity index is 1.32. The Morgan fingerprint density at radius 3 is 2.78 bits per heavy atom. The molecule has 0 amide bonds. The monoisotopic (exact) mass is 425 g/mol. The molecule has 32 heavy (non-hydrogen) atoms. The minimum Gasteiger partial charge on any atom is -0.310 e. The molecule has 0 bridgehead atoms. The van der Waals surface area contributed by atoms with E-state index in [-0.39, 0.29) is 5.56 Å². The van der Waals surface area contributed by atoms with Crippen LogP contribution in [0.3, 0.4) is 0 Å². The van der Waals surface area contributed by atoms with E-state index in [0.717, 1.165) is 59.8 Å². The molecule has 0 spiro atoms. The highest BCUT2D eigenvalue weighted by molar-refractivity contribution is 5.61. The number of pyridine rings is 1. The van der Waals surface area contributed by atoms with E-state index in [4.69, 9.17) is 15.2 Å². The van der Waals surface area contributed by atoms with Gasteiger partial charge in [0.25, 0.3) is 5.56 Å². The number of H-pyrrole nitrogens is 1. The number of fused-ring (bicyclic) bond motifs is 1. The van der Waals surface area contributed by atoms with Gasteiger partial charge < -0.3 is 4.98 Å². The largest absolute Gasteiger partial charge is 0.310 e. The van der Waals surface area contributed by atoms with E-state index in [1.54, 1.807) is 6.07 Å². The molecule has 1 aliphatic heterocycles. The fourth-order valence-electron chi connectivity index (χ4n) is 4.91. The quantitative estimate of drug-likeness (QED) is 0.673. The topological polar surface area (TPSA) is 85.7 Å². The second kappa shape index (κ2) is 9.05. The molecule has 0 radical (unpaired) electrons. The van der Waals surface area contributed by atoms with E-state index in [2.05, 4.69) is 16.0 Å². The minimum absolute atomic E-state index is 0.0234. The highest BCUT2D eigenvalue weighted by Gasteiger charge is 2.24. The Kier molecular flexibility index (Phi) is 5.83. The van der Waals surface area contributed by atoms with Gasteiger partial charge in [-0.25, -0.2) is 4.98 Å². The highest BCUT2D eigenvalue weighted by Crippen LogP contribution is 2.31. The van der Waals surface area contributed by atoms with Crippen LogP contribution in [0.1, 0.15) is 66.4 Å². The van der Waals surface area contributed by atoms with Gasteiger partial charge in [-0.15, -0.1) is 0 Å². The van der Waals surface area contributed by atoms with Crippen LogP contribution in [0.15, 0.2) is 47.3 Å². The Labute approximate surface area is 188 Å². The second-order valence-corrected chi connectivity index (χ2v) is 8.88. The molecule has 1 saturated carbocycles. The van der Waals surface area contributed by atoms with Crippen molar-refractivity contribution in [3.05, 3.63) is 81.2 Å². The lowest BCUT2D eigenvalue weighted by Crippen LogP contribution is -2.36. The Morgan fingerprint density at radius 1 is 1.09 bits per heavy atom. The van der Waals surface area contributed by atoms with Crippen molar-refractivity contribution >= 4 is 0 Å². The molecule has 0 unspecified atom stereocenters. The Bertz CT molecular complexity index is 1220. The van der Waals surface area contributed by atoms with Crippen LogP contribution in [0.4, 0.5) is 0 Å². The molecule has 1 aromatic carbocycles. The molecule has 6 nitrogen and oxygen atoms in total. The van der Waals surface area contributed by atoms with E-state index in [0.29, 0.717) is 24.6 Å². The molecule has 0 atom stereocenters. The van der Waals surface area contributed by atoms with Crippen molar-refractivity contribution in [2.75, 3.05) is 6.54 Å². The fraction of sp³-hybridized carbons (Fsp3) is 0.385. The molecule has 3 heterocycles. The number of aromatic nitrogens is 3. The van der Waals surface area contributed by atoms with Crippen LogP contribution in [0, 0.1) is 11.3 Å². The zero-order valence-corrected chi connectivity index (χ0v) is 18.2. The summed E-state index contributed by atoms with van der Waals surface area (Å²) in [6.07, 6.45) is 6.81. The maximum atomic E-state index is 12.9. The number of nitrogens with one attached hydrogen (secondary N) is 1. The summed E-state index contributed by atoms with van der Waals surface area (Å²) in [6.45, 7) is 2.14. The first-order chi connectivity index (χ1) is 15.7. The zero-order chi connectivity index (χ0) is 21.9. The minimum atomic E-state index is 0.0234. The van der Waals surface area contributed by atoms with E-state index in [9.17, 15) is 4.79 Å². The van der Waals surface area contributed by atoms with Gasteiger partial charge in [0, 0.05) is 37.5 Å². The lowest BCUT2D eigenvalue weighted by Gasteiger charge is -2.28. The predicted molar refractivity (Wildman–Crippen MR) is 123 cm³/mol. The summed E-state index contributed by atoms with van der Waals surface area (Å²) in [5.41, 5.74) is 5.17. The van der Waals surface area contributed by atoms with Crippen molar-refractivity contribution in [2.45, 2.75) is 57.5 Å². The summed E-state index contributed by atoms with van der Waals surface area (Å²) in [5, 5.41) is 9.16. The smallest absolute Gasteiger partial charge is 0.255 e. The number of rotatable bonds is 4. The molecule has 1 aliphatic carbocycles. The zero-order valence-electron chi connectivity index (χ0n) is 18.2. The average Bonchev–Trinajstić information content (AvgIpc) is 2.85. The first kappa shape index (κ1) is 20.6. The first-order valence-corrected chi connectivity index (χ1v) is 11.5. The molecular weight excluding hydrogens is 398 g/mol. The van der Waals surface area contributed by atoms with Gasteiger partial charge in [0.1, 0.15) is 5.82 Å². The summed E-state index contributed by atoms with van der Waals surface area (Å²) < 4.78 is 0. The van der Waals surface area contributed by atoms with E-state index in [1.165, 1.54) is 19.3 Å². The van der Waals surface area contributed by atoms with Crippen LogP contribution in [0.25, 0.3) is 11.3 Å². The SMILES string of the molecule is N#Cc1cccc(-c2cccc(CN3CCc4nc(C5CCCCC5)[nH]c(=O)c4C3)n2)c1. The maximum Gasteiger partial charge on any atom is 0.255 e. The van der Waals surface area contributed by atoms with Crippen molar-refractivity contribution in [2.24, 2.45) is 0 Å². The van der Waals surface area contributed by atoms with Crippen molar-refractivity contribution in [1.82, 2.24) is 19.9 Å². The predicted octanol–water partition coefficient (Wildman–Crippen LogP) is 4.31. The summed E-state index contributed by atoms with van der Waals surface area (Å²) in [6, 6.07) is 15.7. The molecule has 0 saturated heterocycles. The average molecular weight is 426 g/mol. The van der Waals surface area contributed by atoms with Gasteiger partial charge in [-0.05, 0) is 37.1 Å². The van der Waals surface area contributed by atoms with Gasteiger partial charge >= 0.3 is 0 Å². The third kappa shape index (κ3) is 4.35. The number of aromatic amines is 1. The van der Waals surface area contributed by atoms with Gasteiger partial charge in [0.15, 0.2) is 0 Å². The van der Waals surface area contributed by atoms with Crippen molar-refractivity contribution < 1.29 is 0 Å². The van der Waals surface area contributed by atoms with Crippen LogP contribution < -0.4 is 5.56 Å². The standard InChI is InChI=1S/C26H27N5O/c27-15-18-6-4-9-20(14-18)23-11-5-10-21(28-23)16-31-13-12-24-22(17-31)26(32)30-25(29-24)19-7-2-1-3-8-19/h4-6,9-11,14,19H,1-3,7-8,12-13,16-17H2,(H,29,30,32). The summed E-state index contributed by atoms with van der Waals surface area (Å²) >= 11 is 0. The number of benzene rings is 1. The highest BCUT2D eigenvalue weighted by atomic mass is 16.1. The lowest BCUT2D eigenvalue weighted by molar-refractivity contribution is 0.238. The Morgan fingerprint density at radius 2 is 1.94 bits per heavy atom. The van der Waals surface area contributed by atoms with Crippen LogP contribution in [-0.2, 0) is 19.5 Å². The van der Waals surface area contributed by atoms with Crippen LogP contribution in [-0.4, -0.2) is 26.4 Å². The van der Waals surface area contributed by atoms with Crippen LogP contribution in [0.2, 0.25) is 0 Å². The van der Waals surface area contributed by atoms with E-state index in [1.807, 2.05) is 36.4 Å². The van der Waals surface area contributed by atoms with Gasteiger partial charge in [-0.1, -0.05) is 37.5 Å². The van der Waals surface area contributed by atoms with Crippen LogP contribution >= 0.6 is 0 Å². The van der Waals surface area contributed by atoms with Gasteiger partial charge in [-0.2, -0.15) is 5.26 Å². The van der Waals surface area contributed by atoms with Crippen LogP contribution in [0.5, 0.6) is 0 Å². The maximum absolute atomic E-state index is 12.9. The molecule has 2 aromatic heterocycles. The van der Waals surface area contributed by atoms with Gasteiger partial charge in [-0.3, -0.25) is 14.7 Å². The number of hydrogen-bond donors (Lipinski definition) is 1. The van der Waals surface area contributed by atoms with E-state index < -0.39 is 0 Å². The third-order valence-electron chi connectivity index (χ3n) is 6.64. The molecule has 1 fully saturated rings. The second-order valence-electron chi connectivity index (χ2n) is 8.88. The third-order valence-corrected chi connectivity index (χ3v) is 6.64. The molecule has 3 aromatic rings. The summed E-state index contributed by atoms with van der Waals surface area (Å²) in [7, 11) is 0. The summed E-state index contributed by atoms with van der Waals surface area (Å²) in [5.74, 6) is 1.31. The number of hydrogen-bond acceptors (Lipinski definition) is 5. The molecule has 6 heteroatoms. The molecular formula is C26H27N5O. The fourth-order valence-corrected chi connectivity index (χ4v) is 4.91. The first-order valence-electron chi connectivity index (χ1n) is 11.5.